The molecule has 0 radical (unpaired) electrons. The number of hydrogen-bond donors (Lipinski definition) is 3. The number of likely N-dealkylation sites (N-methyl/N-ethyl adjacent to an activating group) is 1. The average molecular weight is 615 g/mol. The average Bonchev–Trinajstić information content (AvgIpc) is 2.99. The summed E-state index contributed by atoms with van der Waals surface area (Å²) in [6.45, 7) is 3.35. The number of rotatable bonds is 9. The standard InChI is InChI=1S/C30H35FN4O7S/c1-19-16-35(20(2)18-36)29(37)26-15-23(33-30(38)32-22-7-10-24(41-4)11-8-22)9-14-27(26)42-28(19)17-34(3)43(39,40)25-12-5-21(31)6-13-25/h5-15,19-20,28,36H,16-18H2,1-4H3,(H2,32,33,38)/t19-,20-,28-/m1/s1. The third kappa shape index (κ3) is 7.42. The van der Waals surface area contributed by atoms with Gasteiger partial charge in [0.1, 0.15) is 23.4 Å². The molecular formula is C30H35FN4O7S. The number of methoxy groups -OCH3 is 1. The van der Waals surface area contributed by atoms with Gasteiger partial charge in [-0.25, -0.2) is 17.6 Å². The fraction of sp³-hybridized carbons (Fsp3) is 0.333. The van der Waals surface area contributed by atoms with Crippen LogP contribution in [0.25, 0.3) is 0 Å². The van der Waals surface area contributed by atoms with Crippen molar-refractivity contribution < 1.29 is 37.0 Å². The first kappa shape index (κ1) is 31.7. The lowest BCUT2D eigenvalue weighted by molar-refractivity contribution is 0.0387. The van der Waals surface area contributed by atoms with Gasteiger partial charge in [-0.15, -0.1) is 0 Å². The number of hydrogen-bond acceptors (Lipinski definition) is 7. The van der Waals surface area contributed by atoms with E-state index in [4.69, 9.17) is 9.47 Å². The van der Waals surface area contributed by atoms with E-state index in [1.54, 1.807) is 44.4 Å². The molecule has 3 aromatic carbocycles. The minimum Gasteiger partial charge on any atom is -0.497 e. The molecule has 1 heterocycles. The van der Waals surface area contributed by atoms with Crippen LogP contribution in [0.1, 0.15) is 24.2 Å². The number of ether oxygens (including phenoxy) is 2. The molecule has 0 saturated heterocycles. The van der Waals surface area contributed by atoms with Crippen molar-refractivity contribution in [2.75, 3.05) is 44.5 Å². The van der Waals surface area contributed by atoms with Gasteiger partial charge in [-0.3, -0.25) is 4.79 Å². The minimum atomic E-state index is -3.97. The molecule has 0 aliphatic carbocycles. The Bertz CT molecular complexity index is 1550. The first-order chi connectivity index (χ1) is 20.4. The Hall–Kier alpha value is -4.20. The smallest absolute Gasteiger partial charge is 0.323 e. The van der Waals surface area contributed by atoms with E-state index in [0.29, 0.717) is 17.1 Å². The van der Waals surface area contributed by atoms with Crippen LogP contribution in [0.3, 0.4) is 0 Å². The second-order valence-corrected chi connectivity index (χ2v) is 12.4. The zero-order valence-electron chi connectivity index (χ0n) is 24.3. The highest BCUT2D eigenvalue weighted by Crippen LogP contribution is 2.31. The van der Waals surface area contributed by atoms with Crippen molar-refractivity contribution in [3.63, 3.8) is 0 Å². The van der Waals surface area contributed by atoms with E-state index in [0.717, 1.165) is 16.4 Å². The molecular weight excluding hydrogens is 579 g/mol. The van der Waals surface area contributed by atoms with Crippen molar-refractivity contribution in [3.8, 4) is 11.5 Å². The summed E-state index contributed by atoms with van der Waals surface area (Å²) in [4.78, 5) is 27.8. The zero-order chi connectivity index (χ0) is 31.3. The molecule has 0 fully saturated rings. The molecule has 13 heteroatoms. The van der Waals surface area contributed by atoms with Crippen LogP contribution in [0.2, 0.25) is 0 Å². The van der Waals surface area contributed by atoms with Gasteiger partial charge in [-0.2, -0.15) is 4.31 Å². The monoisotopic (exact) mass is 614 g/mol. The fourth-order valence-electron chi connectivity index (χ4n) is 4.62. The second-order valence-electron chi connectivity index (χ2n) is 10.4. The van der Waals surface area contributed by atoms with Gasteiger partial charge >= 0.3 is 6.03 Å². The van der Waals surface area contributed by atoms with E-state index in [1.165, 1.54) is 36.2 Å². The summed E-state index contributed by atoms with van der Waals surface area (Å²) in [5.41, 5.74) is 0.992. The highest BCUT2D eigenvalue weighted by atomic mass is 32.2. The molecule has 3 amide bonds. The number of carbonyl (C=O) groups excluding carboxylic acids is 2. The minimum absolute atomic E-state index is 0.0652. The number of carbonyl (C=O) groups is 2. The van der Waals surface area contributed by atoms with E-state index in [9.17, 15) is 27.5 Å². The summed E-state index contributed by atoms with van der Waals surface area (Å²) in [7, 11) is -1.02. The molecule has 0 aromatic heterocycles. The number of nitrogens with one attached hydrogen (secondary N) is 2. The number of aliphatic hydroxyl groups is 1. The summed E-state index contributed by atoms with van der Waals surface area (Å²) in [5.74, 6) is -0.464. The first-order valence-electron chi connectivity index (χ1n) is 13.6. The quantitative estimate of drug-likeness (QED) is 0.331. The number of amides is 3. The SMILES string of the molecule is COc1ccc(NC(=O)Nc2ccc3c(c2)C(=O)N([C@H](C)CO)C[C@@H](C)[C@@H](CN(C)S(=O)(=O)c2ccc(F)cc2)O3)cc1. The van der Waals surface area contributed by atoms with E-state index in [2.05, 4.69) is 10.6 Å². The van der Waals surface area contributed by atoms with Crippen LogP contribution in [-0.2, 0) is 10.0 Å². The van der Waals surface area contributed by atoms with Crippen molar-refractivity contribution in [2.45, 2.75) is 30.9 Å². The lowest BCUT2D eigenvalue weighted by Gasteiger charge is -2.38. The molecule has 0 bridgehead atoms. The number of aliphatic hydroxyl groups excluding tert-OH is 1. The normalized spacial score (nSPS) is 17.7. The summed E-state index contributed by atoms with van der Waals surface area (Å²) in [5, 5.41) is 15.3. The molecule has 11 nitrogen and oxygen atoms in total. The second kappa shape index (κ2) is 13.4. The van der Waals surface area contributed by atoms with Gasteiger partial charge in [0, 0.05) is 30.9 Å². The number of fused-ring (bicyclic) bond motifs is 1. The Labute approximate surface area is 250 Å². The van der Waals surface area contributed by atoms with Crippen molar-refractivity contribution >= 4 is 33.3 Å². The molecule has 0 saturated carbocycles. The Morgan fingerprint density at radius 3 is 2.37 bits per heavy atom. The van der Waals surface area contributed by atoms with Crippen molar-refractivity contribution in [1.82, 2.24) is 9.21 Å². The maximum Gasteiger partial charge on any atom is 0.323 e. The summed E-state index contributed by atoms with van der Waals surface area (Å²) >= 11 is 0. The Kier molecular flexibility index (Phi) is 9.89. The van der Waals surface area contributed by atoms with Crippen molar-refractivity contribution in [2.24, 2.45) is 5.92 Å². The molecule has 1 aliphatic rings. The van der Waals surface area contributed by atoms with Crippen LogP contribution in [0.5, 0.6) is 11.5 Å². The van der Waals surface area contributed by atoms with Crippen LogP contribution >= 0.6 is 0 Å². The lowest BCUT2D eigenvalue weighted by Crippen LogP contribution is -2.50. The fourth-order valence-corrected chi connectivity index (χ4v) is 5.81. The number of halogens is 1. The predicted molar refractivity (Wildman–Crippen MR) is 159 cm³/mol. The number of anilines is 2. The molecule has 1 aliphatic heterocycles. The molecule has 230 valence electrons. The molecule has 43 heavy (non-hydrogen) atoms. The summed E-state index contributed by atoms with van der Waals surface area (Å²) in [6.07, 6.45) is -0.697. The molecule has 0 unspecified atom stereocenters. The van der Waals surface area contributed by atoms with Gasteiger partial charge in [0.05, 0.1) is 36.8 Å². The maximum absolute atomic E-state index is 13.7. The van der Waals surface area contributed by atoms with Gasteiger partial charge in [0.25, 0.3) is 5.91 Å². The molecule has 4 rings (SSSR count). The number of nitrogens with zero attached hydrogens (tertiary/aromatic N) is 2. The molecule has 3 N–H and O–H groups in total. The topological polar surface area (TPSA) is 138 Å². The van der Waals surface area contributed by atoms with Crippen LogP contribution < -0.4 is 20.1 Å². The highest BCUT2D eigenvalue weighted by molar-refractivity contribution is 7.89. The third-order valence-electron chi connectivity index (χ3n) is 7.23. The zero-order valence-corrected chi connectivity index (χ0v) is 25.1. The number of benzene rings is 3. The van der Waals surface area contributed by atoms with Gasteiger partial charge in [-0.05, 0) is 73.7 Å². The van der Waals surface area contributed by atoms with Gasteiger partial charge in [-0.1, -0.05) is 6.92 Å². The first-order valence-corrected chi connectivity index (χ1v) is 15.0. The number of sulfonamides is 1. The summed E-state index contributed by atoms with van der Waals surface area (Å²) in [6, 6.07) is 14.8. The van der Waals surface area contributed by atoms with E-state index >= 15 is 0 Å². The highest BCUT2D eigenvalue weighted by Gasteiger charge is 2.35. The van der Waals surface area contributed by atoms with E-state index < -0.39 is 39.9 Å². The van der Waals surface area contributed by atoms with Gasteiger partial charge in [0.15, 0.2) is 0 Å². The Morgan fingerprint density at radius 1 is 1.12 bits per heavy atom. The van der Waals surface area contributed by atoms with Crippen LogP contribution in [-0.4, -0.2) is 80.7 Å². The van der Waals surface area contributed by atoms with E-state index in [-0.39, 0.29) is 41.8 Å². The van der Waals surface area contributed by atoms with E-state index in [1.807, 2.05) is 6.92 Å². The van der Waals surface area contributed by atoms with Crippen LogP contribution in [0.15, 0.2) is 71.6 Å². The molecule has 0 spiro atoms. The Morgan fingerprint density at radius 2 is 1.74 bits per heavy atom. The molecule has 3 atom stereocenters. The lowest BCUT2D eigenvalue weighted by atomic mass is 9.99. The summed E-state index contributed by atoms with van der Waals surface area (Å²) < 4.78 is 52.3. The predicted octanol–water partition coefficient (Wildman–Crippen LogP) is 4.02. The van der Waals surface area contributed by atoms with Crippen molar-refractivity contribution in [3.05, 3.63) is 78.1 Å². The number of urea groups is 1. The van der Waals surface area contributed by atoms with Crippen molar-refractivity contribution in [1.29, 1.82) is 0 Å². The molecule has 3 aromatic rings. The van der Waals surface area contributed by atoms with Gasteiger partial charge in [0.2, 0.25) is 10.0 Å². The van der Waals surface area contributed by atoms with Gasteiger partial charge < -0.3 is 30.1 Å². The van der Waals surface area contributed by atoms with Crippen LogP contribution in [0, 0.1) is 11.7 Å². The third-order valence-corrected chi connectivity index (χ3v) is 9.07. The Balaban J connectivity index is 1.59. The van der Waals surface area contributed by atoms with Crippen LogP contribution in [0.4, 0.5) is 20.6 Å². The maximum atomic E-state index is 13.7. The largest absolute Gasteiger partial charge is 0.497 e.